The number of nitriles is 2. The molecule has 0 spiro atoms. The third-order valence-corrected chi connectivity index (χ3v) is 5.33. The van der Waals surface area contributed by atoms with E-state index in [1.165, 1.54) is 5.56 Å². The summed E-state index contributed by atoms with van der Waals surface area (Å²) in [5.74, 6) is 1.27. The van der Waals surface area contributed by atoms with Crippen LogP contribution in [-0.2, 0) is 0 Å². The van der Waals surface area contributed by atoms with E-state index in [1.54, 1.807) is 6.07 Å². The maximum atomic E-state index is 9.50. The standard InChI is InChI=1S/C21H16N2/c22-12-15-6-7-16(13-23)21-18(15)9-10-19-17(8-11-20(19)21)14-4-2-1-3-5-14/h1-7,9-10,17,19-20H,8,11H2/t17-,19-,20+/m0/s1. The second-order valence-corrected chi connectivity index (χ2v) is 6.35. The molecule has 0 amide bonds. The van der Waals surface area contributed by atoms with E-state index in [-0.39, 0.29) is 0 Å². The molecular formula is C21H16N2. The van der Waals surface area contributed by atoms with Gasteiger partial charge in [0, 0.05) is 0 Å². The van der Waals surface area contributed by atoms with Gasteiger partial charge >= 0.3 is 0 Å². The van der Waals surface area contributed by atoms with Crippen LogP contribution in [0.4, 0.5) is 0 Å². The van der Waals surface area contributed by atoms with E-state index in [9.17, 15) is 10.5 Å². The van der Waals surface area contributed by atoms with Gasteiger partial charge in [-0.2, -0.15) is 10.5 Å². The Labute approximate surface area is 136 Å². The van der Waals surface area contributed by atoms with Crippen LogP contribution in [0, 0.1) is 28.6 Å². The molecule has 2 aromatic carbocycles. The van der Waals surface area contributed by atoms with Gasteiger partial charge in [0.2, 0.25) is 0 Å². The van der Waals surface area contributed by atoms with Gasteiger partial charge in [-0.3, -0.25) is 0 Å². The minimum atomic E-state index is 0.350. The Bertz CT molecular complexity index is 865. The average Bonchev–Trinajstić information content (AvgIpc) is 3.05. The molecule has 23 heavy (non-hydrogen) atoms. The molecule has 110 valence electrons. The van der Waals surface area contributed by atoms with Crippen molar-refractivity contribution in [1.29, 1.82) is 10.5 Å². The van der Waals surface area contributed by atoms with Crippen molar-refractivity contribution >= 4 is 6.08 Å². The van der Waals surface area contributed by atoms with Crippen molar-refractivity contribution in [2.75, 3.05) is 0 Å². The monoisotopic (exact) mass is 296 g/mol. The summed E-state index contributed by atoms with van der Waals surface area (Å²) >= 11 is 0. The summed E-state index contributed by atoms with van der Waals surface area (Å²) in [5.41, 5.74) is 4.84. The van der Waals surface area contributed by atoms with Crippen molar-refractivity contribution in [3.63, 3.8) is 0 Å². The molecule has 0 heterocycles. The summed E-state index contributed by atoms with van der Waals surface area (Å²) in [6.07, 6.45) is 6.53. The molecule has 2 nitrogen and oxygen atoms in total. The molecule has 4 rings (SSSR count). The lowest BCUT2D eigenvalue weighted by atomic mass is 9.74. The minimum absolute atomic E-state index is 0.350. The summed E-state index contributed by atoms with van der Waals surface area (Å²) in [4.78, 5) is 0. The van der Waals surface area contributed by atoms with Crippen molar-refractivity contribution in [2.45, 2.75) is 24.7 Å². The predicted octanol–water partition coefficient (Wildman–Crippen LogP) is 4.73. The molecule has 1 fully saturated rings. The lowest BCUT2D eigenvalue weighted by Gasteiger charge is -2.28. The van der Waals surface area contributed by atoms with Gasteiger partial charge in [0.15, 0.2) is 0 Å². The van der Waals surface area contributed by atoms with Crippen LogP contribution in [0.1, 0.15) is 52.5 Å². The second-order valence-electron chi connectivity index (χ2n) is 6.35. The van der Waals surface area contributed by atoms with E-state index in [1.807, 2.05) is 6.07 Å². The molecule has 0 N–H and O–H groups in total. The zero-order valence-corrected chi connectivity index (χ0v) is 12.7. The summed E-state index contributed by atoms with van der Waals surface area (Å²) in [7, 11) is 0. The van der Waals surface area contributed by atoms with Crippen molar-refractivity contribution < 1.29 is 0 Å². The first-order chi connectivity index (χ1) is 11.3. The molecule has 0 saturated heterocycles. The number of hydrogen-bond acceptors (Lipinski definition) is 2. The molecule has 3 atom stereocenters. The van der Waals surface area contributed by atoms with Crippen LogP contribution in [-0.4, -0.2) is 0 Å². The molecule has 0 unspecified atom stereocenters. The maximum absolute atomic E-state index is 9.50. The maximum Gasteiger partial charge on any atom is 0.0998 e. The van der Waals surface area contributed by atoms with E-state index in [2.05, 4.69) is 54.6 Å². The van der Waals surface area contributed by atoms with Crippen LogP contribution in [0.2, 0.25) is 0 Å². The van der Waals surface area contributed by atoms with Gasteiger partial charge in [0.05, 0.1) is 23.3 Å². The number of fused-ring (bicyclic) bond motifs is 3. The molecule has 2 heteroatoms. The normalized spacial score (nSPS) is 24.3. The molecular weight excluding hydrogens is 280 g/mol. The molecule has 1 saturated carbocycles. The Kier molecular flexibility index (Phi) is 3.25. The Balaban J connectivity index is 1.82. The van der Waals surface area contributed by atoms with Gasteiger partial charge < -0.3 is 0 Å². The fourth-order valence-electron chi connectivity index (χ4n) is 4.34. The third-order valence-electron chi connectivity index (χ3n) is 5.33. The highest BCUT2D eigenvalue weighted by Crippen LogP contribution is 2.53. The molecule has 0 aromatic heterocycles. The highest BCUT2D eigenvalue weighted by atomic mass is 14.4. The van der Waals surface area contributed by atoms with E-state index < -0.39 is 0 Å². The molecule has 2 aliphatic rings. The van der Waals surface area contributed by atoms with Gasteiger partial charge in [-0.05, 0) is 59.4 Å². The fraction of sp³-hybridized carbons (Fsp3) is 0.238. The number of hydrogen-bond donors (Lipinski definition) is 0. The van der Waals surface area contributed by atoms with Crippen LogP contribution < -0.4 is 0 Å². The Morgan fingerprint density at radius 3 is 2.26 bits per heavy atom. The first-order valence-electron chi connectivity index (χ1n) is 8.03. The lowest BCUT2D eigenvalue weighted by molar-refractivity contribution is 0.532. The van der Waals surface area contributed by atoms with Crippen molar-refractivity contribution in [3.05, 3.63) is 76.4 Å². The molecule has 0 radical (unpaired) electrons. The quantitative estimate of drug-likeness (QED) is 0.763. The Morgan fingerprint density at radius 2 is 1.52 bits per heavy atom. The third kappa shape index (κ3) is 2.07. The lowest BCUT2D eigenvalue weighted by Crippen LogP contribution is -2.16. The number of allylic oxidation sites excluding steroid dienone is 1. The largest absolute Gasteiger partial charge is 0.192 e. The highest BCUT2D eigenvalue weighted by Gasteiger charge is 2.40. The number of nitrogens with zero attached hydrogens (tertiary/aromatic N) is 2. The zero-order chi connectivity index (χ0) is 15.8. The van der Waals surface area contributed by atoms with Crippen LogP contribution in [0.3, 0.4) is 0 Å². The van der Waals surface area contributed by atoms with Gasteiger partial charge in [-0.1, -0.05) is 42.5 Å². The van der Waals surface area contributed by atoms with Gasteiger partial charge in [0.25, 0.3) is 0 Å². The fourth-order valence-corrected chi connectivity index (χ4v) is 4.34. The molecule has 2 aliphatic carbocycles. The molecule has 0 bridgehead atoms. The SMILES string of the molecule is N#Cc1ccc(C#N)c2c1C=C[C@H]1[C@H](c3ccccc3)CC[C@@H]21. The Hall–Kier alpha value is -2.84. The van der Waals surface area contributed by atoms with E-state index >= 15 is 0 Å². The van der Waals surface area contributed by atoms with Gasteiger partial charge in [-0.25, -0.2) is 0 Å². The first kappa shape index (κ1) is 13.8. The first-order valence-corrected chi connectivity index (χ1v) is 8.03. The minimum Gasteiger partial charge on any atom is -0.192 e. The van der Waals surface area contributed by atoms with Crippen molar-refractivity contribution in [1.82, 2.24) is 0 Å². The van der Waals surface area contributed by atoms with Crippen LogP contribution in [0.5, 0.6) is 0 Å². The summed E-state index contributed by atoms with van der Waals surface area (Å²) in [6.45, 7) is 0. The van der Waals surface area contributed by atoms with Crippen LogP contribution in [0.25, 0.3) is 6.08 Å². The van der Waals surface area contributed by atoms with Gasteiger partial charge in [-0.15, -0.1) is 0 Å². The summed E-state index contributed by atoms with van der Waals surface area (Å²) in [5, 5.41) is 18.9. The predicted molar refractivity (Wildman–Crippen MR) is 89.6 cm³/mol. The van der Waals surface area contributed by atoms with E-state index in [0.29, 0.717) is 23.3 Å². The highest BCUT2D eigenvalue weighted by molar-refractivity contribution is 5.69. The topological polar surface area (TPSA) is 47.6 Å². The van der Waals surface area contributed by atoms with Crippen molar-refractivity contribution in [3.8, 4) is 12.1 Å². The average molecular weight is 296 g/mol. The summed E-state index contributed by atoms with van der Waals surface area (Å²) in [6, 6.07) is 18.8. The number of rotatable bonds is 1. The smallest absolute Gasteiger partial charge is 0.0998 e. The zero-order valence-electron chi connectivity index (χ0n) is 12.7. The molecule has 2 aromatic rings. The second kappa shape index (κ2) is 5.41. The molecule has 0 aliphatic heterocycles. The van der Waals surface area contributed by atoms with Crippen molar-refractivity contribution in [2.24, 2.45) is 5.92 Å². The Morgan fingerprint density at radius 1 is 0.826 bits per heavy atom. The summed E-state index contributed by atoms with van der Waals surface area (Å²) < 4.78 is 0. The number of benzene rings is 2. The van der Waals surface area contributed by atoms with E-state index in [4.69, 9.17) is 0 Å². The van der Waals surface area contributed by atoms with Gasteiger partial charge in [0.1, 0.15) is 0 Å². The van der Waals surface area contributed by atoms with Crippen LogP contribution >= 0.6 is 0 Å². The van der Waals surface area contributed by atoms with Crippen LogP contribution in [0.15, 0.2) is 48.5 Å². The van der Waals surface area contributed by atoms with E-state index in [0.717, 1.165) is 29.5 Å².